The zero-order valence-electron chi connectivity index (χ0n) is 13.5. The Bertz CT molecular complexity index is 916. The summed E-state index contributed by atoms with van der Waals surface area (Å²) in [6.07, 6.45) is 1.62. The summed E-state index contributed by atoms with van der Waals surface area (Å²) in [5.41, 5.74) is 2.03. The van der Waals surface area contributed by atoms with E-state index in [-0.39, 0.29) is 11.2 Å². The van der Waals surface area contributed by atoms with E-state index in [1.807, 2.05) is 34.9 Å². The molecule has 1 aromatic heterocycles. The van der Waals surface area contributed by atoms with Crippen LogP contribution in [0.3, 0.4) is 0 Å². The highest BCUT2D eigenvalue weighted by Crippen LogP contribution is 2.24. The maximum Gasteiger partial charge on any atom is 0.237 e. The van der Waals surface area contributed by atoms with Crippen LogP contribution in [0.15, 0.2) is 66.1 Å². The zero-order valence-corrected chi connectivity index (χ0v) is 14.3. The van der Waals surface area contributed by atoms with Gasteiger partial charge in [0.05, 0.1) is 16.9 Å². The minimum absolute atomic E-state index is 0.164. The van der Waals surface area contributed by atoms with Crippen molar-refractivity contribution in [2.24, 2.45) is 0 Å². The molecule has 7 heteroatoms. The Balaban J connectivity index is 1.70. The van der Waals surface area contributed by atoms with Crippen LogP contribution in [0.1, 0.15) is 12.5 Å². The average molecular weight is 349 g/mol. The number of nitrogens with zero attached hydrogens (tertiary/aromatic N) is 4. The number of amides is 1. The molecular weight excluding hydrogens is 334 g/mol. The maximum absolute atomic E-state index is 12.4. The molecule has 0 aliphatic carbocycles. The highest BCUT2D eigenvalue weighted by atomic mass is 32.2. The fourth-order valence-electron chi connectivity index (χ4n) is 2.19. The normalized spacial score (nSPS) is 11.5. The van der Waals surface area contributed by atoms with Crippen LogP contribution in [0.25, 0.3) is 5.69 Å². The van der Waals surface area contributed by atoms with Gasteiger partial charge in [0.2, 0.25) is 5.91 Å². The number of para-hydroxylation sites is 1. The summed E-state index contributed by atoms with van der Waals surface area (Å²) in [4.78, 5) is 12.4. The molecule has 0 saturated heterocycles. The summed E-state index contributed by atoms with van der Waals surface area (Å²) < 4.78 is 1.84. The van der Waals surface area contributed by atoms with Gasteiger partial charge in [-0.1, -0.05) is 36.0 Å². The molecule has 1 unspecified atom stereocenters. The standard InChI is InChI=1S/C18H15N5OS/c1-13(17(24)21-15-7-5-6-14(10-15)11-19)25-18-22-20-12-23(18)16-8-3-2-4-9-16/h2-10,12-13H,1H3,(H,21,24). The minimum atomic E-state index is -0.377. The lowest BCUT2D eigenvalue weighted by Gasteiger charge is -2.12. The first-order chi connectivity index (χ1) is 12.2. The molecule has 0 spiro atoms. The van der Waals surface area contributed by atoms with Gasteiger partial charge in [-0.05, 0) is 37.3 Å². The van der Waals surface area contributed by atoms with E-state index in [4.69, 9.17) is 5.26 Å². The molecule has 1 atom stereocenters. The van der Waals surface area contributed by atoms with E-state index in [2.05, 4.69) is 21.6 Å². The Labute approximate surface area is 149 Å². The van der Waals surface area contributed by atoms with Crippen molar-refractivity contribution in [1.29, 1.82) is 5.26 Å². The second kappa shape index (κ2) is 7.64. The second-order valence-corrected chi connectivity index (χ2v) is 6.57. The van der Waals surface area contributed by atoms with Crippen LogP contribution in [0, 0.1) is 11.3 Å². The van der Waals surface area contributed by atoms with Crippen LogP contribution in [-0.2, 0) is 4.79 Å². The smallest absolute Gasteiger partial charge is 0.237 e. The van der Waals surface area contributed by atoms with Gasteiger partial charge in [-0.15, -0.1) is 10.2 Å². The molecule has 1 heterocycles. The topological polar surface area (TPSA) is 83.6 Å². The van der Waals surface area contributed by atoms with Gasteiger partial charge >= 0.3 is 0 Å². The molecule has 0 aliphatic heterocycles. The number of carbonyl (C=O) groups is 1. The van der Waals surface area contributed by atoms with E-state index in [0.717, 1.165) is 5.69 Å². The van der Waals surface area contributed by atoms with Crippen molar-refractivity contribution in [2.45, 2.75) is 17.3 Å². The number of hydrogen-bond donors (Lipinski definition) is 1. The molecule has 0 saturated carbocycles. The molecular formula is C18H15N5OS. The maximum atomic E-state index is 12.4. The van der Waals surface area contributed by atoms with Crippen molar-refractivity contribution >= 4 is 23.4 Å². The van der Waals surface area contributed by atoms with Gasteiger partial charge in [-0.2, -0.15) is 5.26 Å². The summed E-state index contributed by atoms with van der Waals surface area (Å²) >= 11 is 1.32. The molecule has 0 radical (unpaired) electrons. The monoisotopic (exact) mass is 349 g/mol. The zero-order chi connectivity index (χ0) is 17.6. The average Bonchev–Trinajstić information content (AvgIpc) is 3.10. The molecule has 0 aliphatic rings. The first kappa shape index (κ1) is 16.7. The quantitative estimate of drug-likeness (QED) is 0.715. The Kier molecular flexibility index (Phi) is 5.11. The Morgan fingerprint density at radius 1 is 1.24 bits per heavy atom. The molecule has 25 heavy (non-hydrogen) atoms. The number of benzene rings is 2. The minimum Gasteiger partial charge on any atom is -0.325 e. The Morgan fingerprint density at radius 2 is 2.04 bits per heavy atom. The van der Waals surface area contributed by atoms with Crippen molar-refractivity contribution in [3.8, 4) is 11.8 Å². The van der Waals surface area contributed by atoms with Gasteiger partial charge in [-0.3, -0.25) is 9.36 Å². The highest BCUT2D eigenvalue weighted by molar-refractivity contribution is 8.00. The number of rotatable bonds is 5. The first-order valence-corrected chi connectivity index (χ1v) is 8.48. The van der Waals surface area contributed by atoms with Gasteiger partial charge < -0.3 is 5.32 Å². The highest BCUT2D eigenvalue weighted by Gasteiger charge is 2.18. The number of anilines is 1. The molecule has 0 bridgehead atoms. The van der Waals surface area contributed by atoms with E-state index in [9.17, 15) is 4.79 Å². The van der Waals surface area contributed by atoms with Gasteiger partial charge in [-0.25, -0.2) is 0 Å². The number of hydrogen-bond acceptors (Lipinski definition) is 5. The molecule has 3 aromatic rings. The fourth-order valence-corrected chi connectivity index (χ4v) is 3.04. The number of aromatic nitrogens is 3. The van der Waals surface area contributed by atoms with Crippen LogP contribution in [0.2, 0.25) is 0 Å². The van der Waals surface area contributed by atoms with Crippen molar-refractivity contribution < 1.29 is 4.79 Å². The second-order valence-electron chi connectivity index (χ2n) is 5.26. The Morgan fingerprint density at radius 3 is 2.80 bits per heavy atom. The molecule has 0 fully saturated rings. The number of carbonyl (C=O) groups excluding carboxylic acids is 1. The predicted octanol–water partition coefficient (Wildman–Crippen LogP) is 3.26. The molecule has 1 N–H and O–H groups in total. The molecule has 124 valence electrons. The number of nitrogens with one attached hydrogen (secondary N) is 1. The largest absolute Gasteiger partial charge is 0.325 e. The van der Waals surface area contributed by atoms with Crippen LogP contribution in [-0.4, -0.2) is 25.9 Å². The van der Waals surface area contributed by atoms with E-state index in [1.165, 1.54) is 11.8 Å². The SMILES string of the molecule is CC(Sc1nncn1-c1ccccc1)C(=O)Nc1cccc(C#N)c1. The third-order valence-corrected chi connectivity index (χ3v) is 4.52. The van der Waals surface area contributed by atoms with Crippen molar-refractivity contribution in [3.05, 3.63) is 66.5 Å². The molecule has 6 nitrogen and oxygen atoms in total. The van der Waals surface area contributed by atoms with E-state index < -0.39 is 0 Å². The van der Waals surface area contributed by atoms with Crippen molar-refractivity contribution in [2.75, 3.05) is 5.32 Å². The van der Waals surface area contributed by atoms with Crippen molar-refractivity contribution in [3.63, 3.8) is 0 Å². The first-order valence-electron chi connectivity index (χ1n) is 7.60. The van der Waals surface area contributed by atoms with E-state index >= 15 is 0 Å². The van der Waals surface area contributed by atoms with Gasteiger partial charge in [0.15, 0.2) is 5.16 Å². The lowest BCUT2D eigenvalue weighted by molar-refractivity contribution is -0.115. The summed E-state index contributed by atoms with van der Waals surface area (Å²) in [6, 6.07) is 18.6. The van der Waals surface area contributed by atoms with E-state index in [1.54, 1.807) is 37.5 Å². The third kappa shape index (κ3) is 4.05. The van der Waals surface area contributed by atoms with E-state index in [0.29, 0.717) is 16.4 Å². The lowest BCUT2D eigenvalue weighted by atomic mass is 10.2. The summed E-state index contributed by atoms with van der Waals surface area (Å²) in [5.74, 6) is -0.164. The molecule has 1 amide bonds. The number of nitriles is 1. The van der Waals surface area contributed by atoms with Gasteiger partial charge in [0.25, 0.3) is 0 Å². The lowest BCUT2D eigenvalue weighted by Crippen LogP contribution is -2.22. The molecule has 2 aromatic carbocycles. The third-order valence-electron chi connectivity index (χ3n) is 3.46. The van der Waals surface area contributed by atoms with Crippen molar-refractivity contribution in [1.82, 2.24) is 14.8 Å². The summed E-state index contributed by atoms with van der Waals surface area (Å²) in [5, 5.41) is 20.1. The number of thioether (sulfide) groups is 1. The van der Waals surface area contributed by atoms with Crippen LogP contribution in [0.5, 0.6) is 0 Å². The van der Waals surface area contributed by atoms with Gasteiger partial charge in [0.1, 0.15) is 6.33 Å². The Hall–Kier alpha value is -3.11. The molecule has 3 rings (SSSR count). The summed E-state index contributed by atoms with van der Waals surface area (Å²) in [6.45, 7) is 1.80. The van der Waals surface area contributed by atoms with Gasteiger partial charge in [0, 0.05) is 11.4 Å². The fraction of sp³-hybridized carbons (Fsp3) is 0.111. The summed E-state index contributed by atoms with van der Waals surface area (Å²) in [7, 11) is 0. The van der Waals surface area contributed by atoms with Crippen LogP contribution < -0.4 is 5.32 Å². The predicted molar refractivity (Wildman–Crippen MR) is 96.5 cm³/mol. The van der Waals surface area contributed by atoms with Crippen LogP contribution >= 0.6 is 11.8 Å². The van der Waals surface area contributed by atoms with Crippen LogP contribution in [0.4, 0.5) is 5.69 Å².